The molecule has 0 saturated carbocycles. The number of fused-ring (bicyclic) bond motifs is 1. The summed E-state index contributed by atoms with van der Waals surface area (Å²) in [6.07, 6.45) is 2.11. The van der Waals surface area contributed by atoms with Crippen LogP contribution in [0.25, 0.3) is 0 Å². The molecular formula is C14H19NO. The monoisotopic (exact) mass is 217 g/mol. The predicted molar refractivity (Wildman–Crippen MR) is 67.6 cm³/mol. The van der Waals surface area contributed by atoms with Crippen molar-refractivity contribution >= 4 is 5.71 Å². The Balaban J connectivity index is 2.35. The number of hydrogen-bond acceptors (Lipinski definition) is 2. The molecule has 0 bridgehead atoms. The highest BCUT2D eigenvalue weighted by Crippen LogP contribution is 2.24. The Labute approximate surface area is 97.4 Å². The maximum absolute atomic E-state index is 5.28. The maximum Gasteiger partial charge on any atom is 0.119 e. The van der Waals surface area contributed by atoms with Crippen molar-refractivity contribution in [2.24, 2.45) is 10.9 Å². The fourth-order valence-corrected chi connectivity index (χ4v) is 2.13. The molecule has 16 heavy (non-hydrogen) atoms. The van der Waals surface area contributed by atoms with E-state index in [1.807, 2.05) is 6.07 Å². The van der Waals surface area contributed by atoms with Gasteiger partial charge in [0.2, 0.25) is 0 Å². The summed E-state index contributed by atoms with van der Waals surface area (Å²) >= 11 is 0. The lowest BCUT2D eigenvalue weighted by Gasteiger charge is -2.19. The van der Waals surface area contributed by atoms with Gasteiger partial charge in [-0.1, -0.05) is 19.9 Å². The second-order valence-electron chi connectivity index (χ2n) is 4.70. The molecule has 1 aliphatic rings. The first-order chi connectivity index (χ1) is 7.70. The molecule has 86 valence electrons. The minimum Gasteiger partial charge on any atom is -0.497 e. The van der Waals surface area contributed by atoms with Crippen LogP contribution in [0.15, 0.2) is 23.2 Å². The second-order valence-corrected chi connectivity index (χ2v) is 4.70. The first-order valence-corrected chi connectivity index (χ1v) is 5.91. The Hall–Kier alpha value is -1.31. The summed E-state index contributed by atoms with van der Waals surface area (Å²) in [4.78, 5) is 4.65. The van der Waals surface area contributed by atoms with Crippen molar-refractivity contribution in [3.8, 4) is 5.75 Å². The summed E-state index contributed by atoms with van der Waals surface area (Å²) in [6, 6.07) is 6.33. The van der Waals surface area contributed by atoms with Crippen LogP contribution < -0.4 is 4.74 Å². The van der Waals surface area contributed by atoms with Crippen LogP contribution in [-0.2, 0) is 6.42 Å². The van der Waals surface area contributed by atoms with Gasteiger partial charge in [0.1, 0.15) is 5.75 Å². The first-order valence-electron chi connectivity index (χ1n) is 5.91. The summed E-state index contributed by atoms with van der Waals surface area (Å²) in [7, 11) is 1.71. The average Bonchev–Trinajstić information content (AvgIpc) is 2.28. The smallest absolute Gasteiger partial charge is 0.119 e. The van der Waals surface area contributed by atoms with Gasteiger partial charge in [-0.25, -0.2) is 0 Å². The van der Waals surface area contributed by atoms with Crippen molar-refractivity contribution in [3.63, 3.8) is 0 Å². The van der Waals surface area contributed by atoms with E-state index in [2.05, 4.69) is 31.0 Å². The van der Waals surface area contributed by atoms with Gasteiger partial charge in [-0.3, -0.25) is 4.99 Å². The topological polar surface area (TPSA) is 21.6 Å². The standard InChI is InChI=1S/C14H19NO/c1-10(2)8-14-13-9-12(16-3)5-4-11(13)6-7-15-14/h4-5,9-10H,6-8H2,1-3H3. The largest absolute Gasteiger partial charge is 0.497 e. The average molecular weight is 217 g/mol. The van der Waals surface area contributed by atoms with Crippen LogP contribution in [0.4, 0.5) is 0 Å². The molecule has 0 spiro atoms. The number of hydrogen-bond donors (Lipinski definition) is 0. The van der Waals surface area contributed by atoms with Crippen molar-refractivity contribution in [3.05, 3.63) is 29.3 Å². The van der Waals surface area contributed by atoms with Crippen molar-refractivity contribution in [2.75, 3.05) is 13.7 Å². The Kier molecular flexibility index (Phi) is 3.28. The molecule has 0 radical (unpaired) electrons. The lowest BCUT2D eigenvalue weighted by molar-refractivity contribution is 0.414. The van der Waals surface area contributed by atoms with Crippen LogP contribution in [0.2, 0.25) is 0 Å². The van der Waals surface area contributed by atoms with Gasteiger partial charge in [0.15, 0.2) is 0 Å². The molecule has 0 aliphatic carbocycles. The van der Waals surface area contributed by atoms with Gasteiger partial charge in [0.05, 0.1) is 7.11 Å². The zero-order chi connectivity index (χ0) is 11.5. The minimum absolute atomic E-state index is 0.649. The van der Waals surface area contributed by atoms with Gasteiger partial charge in [-0.2, -0.15) is 0 Å². The van der Waals surface area contributed by atoms with E-state index in [1.165, 1.54) is 16.8 Å². The van der Waals surface area contributed by atoms with E-state index in [-0.39, 0.29) is 0 Å². The zero-order valence-corrected chi connectivity index (χ0v) is 10.3. The summed E-state index contributed by atoms with van der Waals surface area (Å²) < 4.78 is 5.28. The lowest BCUT2D eigenvalue weighted by Crippen LogP contribution is -2.15. The van der Waals surface area contributed by atoms with Gasteiger partial charge in [-0.15, -0.1) is 0 Å². The van der Waals surface area contributed by atoms with Gasteiger partial charge in [0, 0.05) is 17.8 Å². The van der Waals surface area contributed by atoms with E-state index in [1.54, 1.807) is 7.11 Å². The molecule has 2 heteroatoms. The summed E-state index contributed by atoms with van der Waals surface area (Å²) in [6.45, 7) is 5.40. The maximum atomic E-state index is 5.28. The molecule has 1 aliphatic heterocycles. The number of ether oxygens (including phenoxy) is 1. The van der Waals surface area contributed by atoms with Crippen LogP contribution in [0.1, 0.15) is 31.4 Å². The van der Waals surface area contributed by atoms with Crippen LogP contribution in [0.3, 0.4) is 0 Å². The summed E-state index contributed by atoms with van der Waals surface area (Å²) in [5, 5.41) is 0. The minimum atomic E-state index is 0.649. The molecule has 0 aromatic heterocycles. The third-order valence-corrected chi connectivity index (χ3v) is 2.91. The fraction of sp³-hybridized carbons (Fsp3) is 0.500. The highest BCUT2D eigenvalue weighted by atomic mass is 16.5. The van der Waals surface area contributed by atoms with Gasteiger partial charge < -0.3 is 4.74 Å². The third kappa shape index (κ3) is 2.26. The normalized spacial score (nSPS) is 14.6. The number of benzene rings is 1. The van der Waals surface area contributed by atoms with E-state index in [9.17, 15) is 0 Å². The number of nitrogens with zero attached hydrogens (tertiary/aromatic N) is 1. The van der Waals surface area contributed by atoms with Crippen LogP contribution in [0.5, 0.6) is 5.75 Å². The molecule has 1 heterocycles. The van der Waals surface area contributed by atoms with Crippen molar-refractivity contribution in [1.29, 1.82) is 0 Å². The second kappa shape index (κ2) is 4.69. The van der Waals surface area contributed by atoms with Crippen LogP contribution >= 0.6 is 0 Å². The number of methoxy groups -OCH3 is 1. The van der Waals surface area contributed by atoms with Crippen molar-refractivity contribution in [2.45, 2.75) is 26.7 Å². The Morgan fingerprint density at radius 3 is 2.88 bits per heavy atom. The fourth-order valence-electron chi connectivity index (χ4n) is 2.13. The molecule has 0 unspecified atom stereocenters. The highest BCUT2D eigenvalue weighted by Gasteiger charge is 2.15. The zero-order valence-electron chi connectivity index (χ0n) is 10.3. The van der Waals surface area contributed by atoms with E-state index in [0.29, 0.717) is 5.92 Å². The molecule has 2 rings (SSSR count). The third-order valence-electron chi connectivity index (χ3n) is 2.91. The SMILES string of the molecule is COc1ccc2c(c1)C(CC(C)C)=NCC2. The van der Waals surface area contributed by atoms with Gasteiger partial charge >= 0.3 is 0 Å². The number of rotatable bonds is 3. The van der Waals surface area contributed by atoms with E-state index >= 15 is 0 Å². The molecule has 1 aromatic carbocycles. The summed E-state index contributed by atoms with van der Waals surface area (Å²) in [5.41, 5.74) is 3.95. The number of aliphatic imine (C=N–C) groups is 1. The van der Waals surface area contributed by atoms with Crippen LogP contribution in [0, 0.1) is 5.92 Å². The van der Waals surface area contributed by atoms with E-state index in [0.717, 1.165) is 25.1 Å². The molecule has 0 saturated heterocycles. The quantitative estimate of drug-likeness (QED) is 0.762. The molecule has 0 fully saturated rings. The predicted octanol–water partition coefficient (Wildman–Crippen LogP) is 3.09. The van der Waals surface area contributed by atoms with E-state index in [4.69, 9.17) is 4.74 Å². The van der Waals surface area contributed by atoms with Gasteiger partial charge in [-0.05, 0) is 36.5 Å². The van der Waals surface area contributed by atoms with E-state index < -0.39 is 0 Å². The molecule has 1 aromatic rings. The Morgan fingerprint density at radius 1 is 1.38 bits per heavy atom. The molecule has 0 amide bonds. The molecule has 0 N–H and O–H groups in total. The lowest BCUT2D eigenvalue weighted by atomic mass is 9.92. The highest BCUT2D eigenvalue weighted by molar-refractivity contribution is 6.03. The molecule has 2 nitrogen and oxygen atoms in total. The Morgan fingerprint density at radius 2 is 2.19 bits per heavy atom. The van der Waals surface area contributed by atoms with Gasteiger partial charge in [0.25, 0.3) is 0 Å². The summed E-state index contributed by atoms with van der Waals surface area (Å²) in [5.74, 6) is 1.58. The molecule has 0 atom stereocenters. The first kappa shape index (κ1) is 11.2. The van der Waals surface area contributed by atoms with Crippen molar-refractivity contribution < 1.29 is 4.74 Å². The van der Waals surface area contributed by atoms with Crippen molar-refractivity contribution in [1.82, 2.24) is 0 Å². The Bertz CT molecular complexity index is 407. The van der Waals surface area contributed by atoms with Crippen LogP contribution in [-0.4, -0.2) is 19.4 Å². The molecular weight excluding hydrogens is 198 g/mol.